The molecule has 7 heteroatoms. The largest absolute Gasteiger partial charge is 0.366 e. The van der Waals surface area contributed by atoms with Gasteiger partial charge in [-0.3, -0.25) is 0 Å². The van der Waals surface area contributed by atoms with Crippen molar-refractivity contribution in [3.05, 3.63) is 72.3 Å². The van der Waals surface area contributed by atoms with Gasteiger partial charge in [0.15, 0.2) is 5.82 Å². The van der Waals surface area contributed by atoms with Gasteiger partial charge in [0.05, 0.1) is 18.3 Å². The summed E-state index contributed by atoms with van der Waals surface area (Å²) < 4.78 is 1.76. The first-order chi connectivity index (χ1) is 14.3. The van der Waals surface area contributed by atoms with Gasteiger partial charge in [-0.25, -0.2) is 14.5 Å². The molecule has 1 aromatic heterocycles. The van der Waals surface area contributed by atoms with Gasteiger partial charge >= 0.3 is 6.03 Å². The molecule has 0 unspecified atom stereocenters. The number of hydrogen-bond donors (Lipinski definition) is 1. The van der Waals surface area contributed by atoms with Crippen molar-refractivity contribution in [2.24, 2.45) is 0 Å². The Bertz CT molecular complexity index is 1000. The lowest BCUT2D eigenvalue weighted by molar-refractivity contribution is 0.197. The van der Waals surface area contributed by atoms with Crippen LogP contribution >= 0.6 is 0 Å². The molecule has 0 bridgehead atoms. The Hall–Kier alpha value is -3.35. The van der Waals surface area contributed by atoms with Crippen LogP contribution in [0.4, 0.5) is 10.5 Å². The van der Waals surface area contributed by atoms with Crippen LogP contribution < -0.4 is 10.2 Å². The number of nitrogens with zero attached hydrogens (tertiary/aromatic N) is 5. The van der Waals surface area contributed by atoms with E-state index in [0.717, 1.165) is 38.2 Å². The van der Waals surface area contributed by atoms with Crippen molar-refractivity contribution in [1.29, 1.82) is 0 Å². The number of fused-ring (bicyclic) bond motifs is 3. The van der Waals surface area contributed by atoms with E-state index in [4.69, 9.17) is 0 Å². The maximum atomic E-state index is 12.9. The monoisotopic (exact) mass is 388 g/mol. The van der Waals surface area contributed by atoms with Crippen LogP contribution in [0.3, 0.4) is 0 Å². The van der Waals surface area contributed by atoms with Gasteiger partial charge in [-0.1, -0.05) is 36.4 Å². The molecule has 1 N–H and O–H groups in total. The summed E-state index contributed by atoms with van der Waals surface area (Å²) in [5.74, 6) is 0.717. The zero-order chi connectivity index (χ0) is 19.6. The summed E-state index contributed by atoms with van der Waals surface area (Å²) in [6, 6.07) is 18.7. The first kappa shape index (κ1) is 17.7. The van der Waals surface area contributed by atoms with E-state index in [9.17, 15) is 4.79 Å². The Labute approximate surface area is 170 Å². The van der Waals surface area contributed by atoms with Crippen LogP contribution in [0.25, 0.3) is 5.69 Å². The molecular formula is C22H24N6O. The summed E-state index contributed by atoms with van der Waals surface area (Å²) in [5.41, 5.74) is 3.65. The van der Waals surface area contributed by atoms with Crippen molar-refractivity contribution in [3.63, 3.8) is 0 Å². The number of amides is 2. The topological polar surface area (TPSA) is 66.3 Å². The van der Waals surface area contributed by atoms with Crippen molar-refractivity contribution in [1.82, 2.24) is 25.0 Å². The number of hydrogen-bond acceptors (Lipinski definition) is 4. The molecule has 2 amide bonds. The highest BCUT2D eigenvalue weighted by molar-refractivity contribution is 5.74. The smallest absolute Gasteiger partial charge is 0.317 e. The van der Waals surface area contributed by atoms with Gasteiger partial charge in [0.25, 0.3) is 0 Å². The van der Waals surface area contributed by atoms with E-state index in [1.165, 1.54) is 17.6 Å². The van der Waals surface area contributed by atoms with Gasteiger partial charge in [-0.05, 0) is 36.6 Å². The van der Waals surface area contributed by atoms with Crippen LogP contribution in [-0.4, -0.2) is 51.4 Å². The second-order valence-corrected chi connectivity index (χ2v) is 7.56. The number of rotatable bonds is 3. The van der Waals surface area contributed by atoms with Crippen LogP contribution in [0, 0.1) is 0 Å². The zero-order valence-corrected chi connectivity index (χ0v) is 16.2. The summed E-state index contributed by atoms with van der Waals surface area (Å²) in [5, 5.41) is 7.33. The molecule has 148 valence electrons. The Morgan fingerprint density at radius 3 is 2.79 bits per heavy atom. The zero-order valence-electron chi connectivity index (χ0n) is 16.2. The molecule has 0 aliphatic carbocycles. The lowest BCUT2D eigenvalue weighted by Gasteiger charge is -2.27. The summed E-state index contributed by atoms with van der Waals surface area (Å²) in [7, 11) is 0. The SMILES string of the molecule is O=C(NCc1ncnn1-c1ccccc1)N1CCCN2c3ccccc3C[C@@H]2C1. The summed E-state index contributed by atoms with van der Waals surface area (Å²) in [6.45, 7) is 2.85. The minimum Gasteiger partial charge on any atom is -0.366 e. The fourth-order valence-corrected chi connectivity index (χ4v) is 4.39. The quantitative estimate of drug-likeness (QED) is 0.749. The van der Waals surface area contributed by atoms with E-state index in [0.29, 0.717) is 18.4 Å². The van der Waals surface area contributed by atoms with Crippen molar-refractivity contribution in [2.75, 3.05) is 24.5 Å². The molecule has 1 saturated heterocycles. The average molecular weight is 388 g/mol. The molecule has 7 nitrogen and oxygen atoms in total. The van der Waals surface area contributed by atoms with Crippen LogP contribution in [0.15, 0.2) is 60.9 Å². The standard InChI is InChI=1S/C22H24N6O/c29-22(23-14-21-24-16-25-28(21)18-8-2-1-3-9-18)26-11-6-12-27-19(15-26)13-17-7-4-5-10-20(17)27/h1-5,7-10,16,19H,6,11-15H2,(H,23,29)/t19-/m1/s1. The van der Waals surface area contributed by atoms with E-state index in [1.807, 2.05) is 35.2 Å². The minimum atomic E-state index is -0.0367. The number of nitrogens with one attached hydrogen (secondary N) is 1. The summed E-state index contributed by atoms with van der Waals surface area (Å²) >= 11 is 0. The first-order valence-corrected chi connectivity index (χ1v) is 10.1. The normalized spacial score (nSPS) is 18.1. The van der Waals surface area contributed by atoms with Gasteiger partial charge in [0.1, 0.15) is 6.33 Å². The number of urea groups is 1. The maximum Gasteiger partial charge on any atom is 0.317 e. The maximum absolute atomic E-state index is 12.9. The predicted octanol–water partition coefficient (Wildman–Crippen LogP) is 2.61. The van der Waals surface area contributed by atoms with Gasteiger partial charge in [-0.2, -0.15) is 5.10 Å². The second-order valence-electron chi connectivity index (χ2n) is 7.56. The van der Waals surface area contributed by atoms with E-state index >= 15 is 0 Å². The van der Waals surface area contributed by atoms with Crippen LogP contribution in [0.1, 0.15) is 17.8 Å². The van der Waals surface area contributed by atoms with Crippen LogP contribution in [0.2, 0.25) is 0 Å². The fraction of sp³-hybridized carbons (Fsp3) is 0.318. The van der Waals surface area contributed by atoms with Gasteiger partial charge in [-0.15, -0.1) is 0 Å². The number of para-hydroxylation sites is 2. The molecule has 5 rings (SSSR count). The fourth-order valence-electron chi connectivity index (χ4n) is 4.39. The minimum absolute atomic E-state index is 0.0367. The highest BCUT2D eigenvalue weighted by Gasteiger charge is 2.33. The molecule has 2 aliphatic rings. The molecule has 29 heavy (non-hydrogen) atoms. The van der Waals surface area contributed by atoms with E-state index in [2.05, 4.69) is 44.6 Å². The number of aromatic nitrogens is 3. The van der Waals surface area contributed by atoms with E-state index < -0.39 is 0 Å². The summed E-state index contributed by atoms with van der Waals surface area (Å²) in [6.07, 6.45) is 3.49. The van der Waals surface area contributed by atoms with Crippen molar-refractivity contribution in [3.8, 4) is 5.69 Å². The molecule has 1 atom stereocenters. The summed E-state index contributed by atoms with van der Waals surface area (Å²) in [4.78, 5) is 21.6. The molecule has 0 saturated carbocycles. The molecule has 2 aliphatic heterocycles. The molecule has 3 heterocycles. The number of benzene rings is 2. The Kier molecular flexibility index (Phi) is 4.63. The van der Waals surface area contributed by atoms with Crippen molar-refractivity contribution < 1.29 is 4.79 Å². The van der Waals surface area contributed by atoms with Gasteiger partial charge in [0, 0.05) is 25.3 Å². The number of carbonyl (C=O) groups is 1. The third-order valence-corrected chi connectivity index (χ3v) is 5.76. The molecule has 3 aromatic rings. The lowest BCUT2D eigenvalue weighted by Crippen LogP contribution is -2.45. The molecule has 0 spiro atoms. The molecule has 2 aromatic carbocycles. The highest BCUT2D eigenvalue weighted by atomic mass is 16.2. The molecule has 0 radical (unpaired) electrons. The first-order valence-electron chi connectivity index (χ1n) is 10.1. The van der Waals surface area contributed by atoms with Crippen LogP contribution in [-0.2, 0) is 13.0 Å². The third kappa shape index (κ3) is 3.44. The average Bonchev–Trinajstić information content (AvgIpc) is 3.31. The highest BCUT2D eigenvalue weighted by Crippen LogP contribution is 2.33. The Balaban J connectivity index is 1.24. The lowest BCUT2D eigenvalue weighted by atomic mass is 10.1. The van der Waals surface area contributed by atoms with Gasteiger partial charge in [0.2, 0.25) is 0 Å². The van der Waals surface area contributed by atoms with Crippen molar-refractivity contribution >= 4 is 11.7 Å². The van der Waals surface area contributed by atoms with E-state index in [1.54, 1.807) is 4.68 Å². The Morgan fingerprint density at radius 1 is 1.07 bits per heavy atom. The van der Waals surface area contributed by atoms with E-state index in [-0.39, 0.29) is 6.03 Å². The van der Waals surface area contributed by atoms with Crippen molar-refractivity contribution in [2.45, 2.75) is 25.4 Å². The van der Waals surface area contributed by atoms with Crippen LogP contribution in [0.5, 0.6) is 0 Å². The molecular weight excluding hydrogens is 364 g/mol. The second kappa shape index (κ2) is 7.58. The predicted molar refractivity (Wildman–Crippen MR) is 111 cm³/mol. The molecule has 1 fully saturated rings. The van der Waals surface area contributed by atoms with Gasteiger partial charge < -0.3 is 15.1 Å². The third-order valence-electron chi connectivity index (χ3n) is 5.76. The Morgan fingerprint density at radius 2 is 1.90 bits per heavy atom. The number of carbonyl (C=O) groups excluding carboxylic acids is 1. The number of anilines is 1.